The van der Waals surface area contributed by atoms with Crippen LogP contribution in [0, 0.1) is 0 Å². The molecule has 0 aliphatic rings. The summed E-state index contributed by atoms with van der Waals surface area (Å²) in [5, 5.41) is 13.7. The zero-order chi connectivity index (χ0) is 45.0. The molecule has 3 atom stereocenters. The molecular formula is C52H95N2O6P. The molecule has 8 nitrogen and oxygen atoms in total. The lowest BCUT2D eigenvalue weighted by Crippen LogP contribution is -2.45. The summed E-state index contributed by atoms with van der Waals surface area (Å²) in [4.78, 5) is 25.3. The molecule has 1 amide bonds. The van der Waals surface area contributed by atoms with Gasteiger partial charge in [0.2, 0.25) is 5.91 Å². The third-order valence-corrected chi connectivity index (χ3v) is 11.6. The van der Waals surface area contributed by atoms with Crippen molar-refractivity contribution in [3.05, 3.63) is 72.9 Å². The summed E-state index contributed by atoms with van der Waals surface area (Å²) in [5.41, 5.74) is 0. The summed E-state index contributed by atoms with van der Waals surface area (Å²) >= 11 is 0. The van der Waals surface area contributed by atoms with Crippen molar-refractivity contribution in [1.82, 2.24) is 5.32 Å². The van der Waals surface area contributed by atoms with Crippen molar-refractivity contribution in [2.24, 2.45) is 0 Å². The van der Waals surface area contributed by atoms with Gasteiger partial charge in [0.05, 0.1) is 39.9 Å². The maximum absolute atomic E-state index is 12.8. The molecule has 0 rings (SSSR count). The maximum Gasteiger partial charge on any atom is 0.268 e. The van der Waals surface area contributed by atoms with Gasteiger partial charge in [0.1, 0.15) is 13.2 Å². The fourth-order valence-corrected chi connectivity index (χ4v) is 7.49. The summed E-state index contributed by atoms with van der Waals surface area (Å²) in [7, 11) is 1.25. The third kappa shape index (κ3) is 45.8. The van der Waals surface area contributed by atoms with E-state index in [9.17, 15) is 19.4 Å². The number of nitrogens with one attached hydrogen (secondary N) is 1. The molecule has 0 spiro atoms. The summed E-state index contributed by atoms with van der Waals surface area (Å²) in [6.45, 7) is 4.48. The fourth-order valence-electron chi connectivity index (χ4n) is 6.77. The number of phosphoric acid groups is 1. The first-order chi connectivity index (χ1) is 29.5. The summed E-state index contributed by atoms with van der Waals surface area (Å²) in [5.74, 6) is -0.204. The maximum atomic E-state index is 12.8. The van der Waals surface area contributed by atoms with Crippen LogP contribution in [-0.2, 0) is 18.4 Å². The fraction of sp³-hybridized carbons (Fsp3) is 0.750. The predicted molar refractivity (Wildman–Crippen MR) is 260 cm³/mol. The molecule has 0 aromatic carbocycles. The third-order valence-electron chi connectivity index (χ3n) is 10.7. The van der Waals surface area contributed by atoms with Gasteiger partial charge in [-0.3, -0.25) is 9.36 Å². The number of aliphatic hydroxyl groups is 1. The van der Waals surface area contributed by atoms with Crippen LogP contribution in [0.25, 0.3) is 0 Å². The van der Waals surface area contributed by atoms with Gasteiger partial charge in [0, 0.05) is 6.42 Å². The standard InChI is InChI=1S/C52H95N2O6P/c1-6-8-10-12-14-16-17-18-19-20-21-22-23-24-25-26-27-28-29-30-31-32-33-34-35-36-37-38-40-42-44-46-52(56)53-50(49-60-61(57,58)59-48-47-54(3,4)5)51(55)45-43-41-39-15-13-11-9-7-2/h8,10,14,16,18-19,21-22,24-25,43,45,50-51,55H,6-7,9,11-13,15,17,20,23,26-42,44,46-49H2,1-5H3,(H-,53,56,57,58)/b10-8-,16-14-,19-18-,22-21-,25-24-,45-43+. The number of phosphoric ester groups is 1. The second-order valence-corrected chi connectivity index (χ2v) is 19.2. The number of carbonyl (C=O) groups is 1. The zero-order valence-electron chi connectivity index (χ0n) is 40.1. The minimum atomic E-state index is -4.58. The van der Waals surface area contributed by atoms with E-state index in [1.165, 1.54) is 109 Å². The van der Waals surface area contributed by atoms with Crippen molar-refractivity contribution in [1.29, 1.82) is 0 Å². The topological polar surface area (TPSA) is 108 Å². The Hall–Kier alpha value is -2.06. The number of allylic oxidation sites excluding steroid dienone is 11. The van der Waals surface area contributed by atoms with Gasteiger partial charge in [-0.05, 0) is 64.2 Å². The van der Waals surface area contributed by atoms with Crippen LogP contribution in [0.15, 0.2) is 72.9 Å². The van der Waals surface area contributed by atoms with E-state index in [0.29, 0.717) is 17.4 Å². The lowest BCUT2D eigenvalue weighted by molar-refractivity contribution is -0.870. The monoisotopic (exact) mass is 875 g/mol. The Morgan fingerprint density at radius 1 is 0.590 bits per heavy atom. The second-order valence-electron chi connectivity index (χ2n) is 17.8. The van der Waals surface area contributed by atoms with Crippen LogP contribution < -0.4 is 10.2 Å². The number of hydrogen-bond donors (Lipinski definition) is 2. The van der Waals surface area contributed by atoms with Crippen molar-refractivity contribution in [3.8, 4) is 0 Å². The molecule has 0 fully saturated rings. The number of aliphatic hydroxyl groups excluding tert-OH is 1. The highest BCUT2D eigenvalue weighted by Gasteiger charge is 2.23. The van der Waals surface area contributed by atoms with Crippen molar-refractivity contribution in [2.75, 3.05) is 40.9 Å². The zero-order valence-corrected chi connectivity index (χ0v) is 41.0. The number of amides is 1. The van der Waals surface area contributed by atoms with E-state index in [0.717, 1.165) is 70.6 Å². The van der Waals surface area contributed by atoms with E-state index in [1.54, 1.807) is 6.08 Å². The molecule has 0 saturated heterocycles. The van der Waals surface area contributed by atoms with Gasteiger partial charge in [-0.15, -0.1) is 0 Å². The first-order valence-electron chi connectivity index (χ1n) is 24.8. The SMILES string of the molecule is CC/C=C\C/C=C\C/C=C\C/C=C\C/C=C\CCCCCCCCCCCCCCCCCC(=O)NC(COP(=O)([O-])OCC[N+](C)(C)C)C(O)/C=C/CCCCCCCC. The molecule has 0 radical (unpaired) electrons. The predicted octanol–water partition coefficient (Wildman–Crippen LogP) is 13.7. The molecule has 0 bridgehead atoms. The van der Waals surface area contributed by atoms with Gasteiger partial charge in [0.15, 0.2) is 0 Å². The van der Waals surface area contributed by atoms with Gasteiger partial charge >= 0.3 is 0 Å². The molecule has 0 aliphatic heterocycles. The van der Waals surface area contributed by atoms with Crippen LogP contribution in [0.5, 0.6) is 0 Å². The van der Waals surface area contributed by atoms with Crippen molar-refractivity contribution in [3.63, 3.8) is 0 Å². The molecule has 0 aromatic heterocycles. The molecule has 0 aliphatic carbocycles. The van der Waals surface area contributed by atoms with Gasteiger partial charge < -0.3 is 28.8 Å². The highest BCUT2D eigenvalue weighted by molar-refractivity contribution is 7.45. The number of carbonyl (C=O) groups excluding carboxylic acids is 1. The van der Waals surface area contributed by atoms with E-state index in [1.807, 2.05) is 27.2 Å². The molecule has 61 heavy (non-hydrogen) atoms. The van der Waals surface area contributed by atoms with Crippen LogP contribution in [-0.4, -0.2) is 68.5 Å². The van der Waals surface area contributed by atoms with E-state index in [-0.39, 0.29) is 19.1 Å². The van der Waals surface area contributed by atoms with E-state index in [4.69, 9.17) is 9.05 Å². The molecule has 354 valence electrons. The molecule has 0 saturated carbocycles. The summed E-state index contributed by atoms with van der Waals surface area (Å²) < 4.78 is 23.1. The van der Waals surface area contributed by atoms with E-state index >= 15 is 0 Å². The molecular weight excluding hydrogens is 780 g/mol. The first-order valence-corrected chi connectivity index (χ1v) is 26.3. The van der Waals surface area contributed by atoms with E-state index < -0.39 is 20.0 Å². The Balaban J connectivity index is 4.01. The Morgan fingerprint density at radius 3 is 1.46 bits per heavy atom. The lowest BCUT2D eigenvalue weighted by Gasteiger charge is -2.29. The Bertz CT molecular complexity index is 1220. The van der Waals surface area contributed by atoms with E-state index in [2.05, 4.69) is 79.9 Å². The minimum Gasteiger partial charge on any atom is -0.756 e. The number of hydrogen-bond acceptors (Lipinski definition) is 6. The quantitative estimate of drug-likeness (QED) is 0.0273. The Morgan fingerprint density at radius 2 is 1.00 bits per heavy atom. The van der Waals surface area contributed by atoms with Crippen LogP contribution in [0.3, 0.4) is 0 Å². The number of rotatable bonds is 44. The van der Waals surface area contributed by atoms with Gasteiger partial charge in [-0.2, -0.15) is 0 Å². The van der Waals surface area contributed by atoms with Gasteiger partial charge in [-0.1, -0.05) is 202 Å². The van der Waals surface area contributed by atoms with Crippen LogP contribution >= 0.6 is 7.82 Å². The molecule has 0 aromatic rings. The number of likely N-dealkylation sites (N-methyl/N-ethyl adjacent to an activating group) is 1. The van der Waals surface area contributed by atoms with Crippen molar-refractivity contribution >= 4 is 13.7 Å². The molecule has 0 heterocycles. The van der Waals surface area contributed by atoms with Crippen LogP contribution in [0.4, 0.5) is 0 Å². The molecule has 2 N–H and O–H groups in total. The average molecular weight is 875 g/mol. The molecule has 9 heteroatoms. The highest BCUT2D eigenvalue weighted by atomic mass is 31.2. The smallest absolute Gasteiger partial charge is 0.268 e. The largest absolute Gasteiger partial charge is 0.756 e. The Labute approximate surface area is 376 Å². The van der Waals surface area contributed by atoms with Gasteiger partial charge in [0.25, 0.3) is 7.82 Å². The second kappa shape index (κ2) is 43.2. The van der Waals surface area contributed by atoms with Crippen LogP contribution in [0.2, 0.25) is 0 Å². The van der Waals surface area contributed by atoms with Crippen molar-refractivity contribution < 1.29 is 32.9 Å². The summed E-state index contributed by atoms with van der Waals surface area (Å²) in [6.07, 6.45) is 58.4. The van der Waals surface area contributed by atoms with Gasteiger partial charge in [-0.25, -0.2) is 0 Å². The lowest BCUT2D eigenvalue weighted by atomic mass is 10.0. The normalized spacial score (nSPS) is 14.8. The molecule has 3 unspecified atom stereocenters. The number of quaternary nitrogens is 1. The first kappa shape index (κ1) is 58.9. The minimum absolute atomic E-state index is 0.00329. The number of unbranched alkanes of at least 4 members (excludes halogenated alkanes) is 21. The number of nitrogens with zero attached hydrogens (tertiary/aromatic N) is 1. The van der Waals surface area contributed by atoms with Crippen LogP contribution in [0.1, 0.15) is 200 Å². The highest BCUT2D eigenvalue weighted by Crippen LogP contribution is 2.38. The Kier molecular flexibility index (Phi) is 41.7. The summed E-state index contributed by atoms with van der Waals surface area (Å²) in [6, 6.07) is -0.886. The average Bonchev–Trinajstić information content (AvgIpc) is 3.21. The van der Waals surface area contributed by atoms with Crippen molar-refractivity contribution in [2.45, 2.75) is 212 Å².